The van der Waals surface area contributed by atoms with E-state index in [9.17, 15) is 4.79 Å². The second-order valence-electron chi connectivity index (χ2n) is 7.70. The van der Waals surface area contributed by atoms with Gasteiger partial charge in [0, 0.05) is 36.1 Å². The second-order valence-corrected chi connectivity index (χ2v) is 7.70. The zero-order valence-corrected chi connectivity index (χ0v) is 16.9. The molecule has 4 nitrogen and oxygen atoms in total. The molecule has 2 N–H and O–H groups in total. The number of aryl methyl sites for hydroxylation is 2. The summed E-state index contributed by atoms with van der Waals surface area (Å²) in [6, 6.07) is 20.3. The predicted molar refractivity (Wildman–Crippen MR) is 115 cm³/mol. The summed E-state index contributed by atoms with van der Waals surface area (Å²) < 4.78 is 11.4. The summed E-state index contributed by atoms with van der Waals surface area (Å²) in [5.41, 5.74) is 12.7. The number of hydrogen-bond acceptors (Lipinski definition) is 4. The molecule has 0 amide bonds. The number of esters is 1. The standard InChI is InChI=1S/C25H25NO3/c1-15-4-5-19(12-16(15)2)23-14-28-24-13-21(29-17(3)27)10-11-22(24)25(23)18-6-8-20(26)9-7-18/h4-13,23,25H,14,26H2,1-3H3. The predicted octanol–water partition coefficient (Wildman–Crippen LogP) is 5.12. The highest BCUT2D eigenvalue weighted by Crippen LogP contribution is 2.47. The van der Waals surface area contributed by atoms with E-state index in [4.69, 9.17) is 15.2 Å². The van der Waals surface area contributed by atoms with E-state index in [1.54, 1.807) is 6.07 Å². The van der Waals surface area contributed by atoms with E-state index >= 15 is 0 Å². The van der Waals surface area contributed by atoms with Crippen molar-refractivity contribution in [2.24, 2.45) is 0 Å². The Bertz CT molecular complexity index is 1060. The normalized spacial score (nSPS) is 17.9. The van der Waals surface area contributed by atoms with Crippen molar-refractivity contribution in [2.45, 2.75) is 32.6 Å². The molecule has 0 fully saturated rings. The molecule has 1 heterocycles. The first-order valence-electron chi connectivity index (χ1n) is 9.80. The highest BCUT2D eigenvalue weighted by Gasteiger charge is 2.34. The lowest BCUT2D eigenvalue weighted by Gasteiger charge is -2.35. The number of anilines is 1. The number of rotatable bonds is 3. The Morgan fingerprint density at radius 3 is 2.38 bits per heavy atom. The van der Waals surface area contributed by atoms with Crippen LogP contribution >= 0.6 is 0 Å². The largest absolute Gasteiger partial charge is 0.492 e. The highest BCUT2D eigenvalue weighted by atomic mass is 16.5. The summed E-state index contributed by atoms with van der Waals surface area (Å²) >= 11 is 0. The maximum Gasteiger partial charge on any atom is 0.308 e. The van der Waals surface area contributed by atoms with Gasteiger partial charge >= 0.3 is 5.97 Å². The molecule has 0 aromatic heterocycles. The van der Waals surface area contributed by atoms with Crippen LogP contribution in [0.3, 0.4) is 0 Å². The lowest BCUT2D eigenvalue weighted by molar-refractivity contribution is -0.131. The van der Waals surface area contributed by atoms with Crippen molar-refractivity contribution in [1.82, 2.24) is 0 Å². The van der Waals surface area contributed by atoms with Crippen LogP contribution in [-0.2, 0) is 4.79 Å². The van der Waals surface area contributed by atoms with E-state index in [2.05, 4.69) is 44.2 Å². The van der Waals surface area contributed by atoms with Gasteiger partial charge in [-0.15, -0.1) is 0 Å². The molecule has 2 atom stereocenters. The number of carbonyl (C=O) groups excluding carboxylic acids is 1. The van der Waals surface area contributed by atoms with E-state index in [0.717, 1.165) is 17.0 Å². The van der Waals surface area contributed by atoms with Gasteiger partial charge < -0.3 is 15.2 Å². The summed E-state index contributed by atoms with van der Waals surface area (Å²) in [7, 11) is 0. The minimum Gasteiger partial charge on any atom is -0.492 e. The maximum absolute atomic E-state index is 11.3. The Hall–Kier alpha value is -3.27. The van der Waals surface area contributed by atoms with Crippen LogP contribution in [0.1, 0.15) is 46.6 Å². The van der Waals surface area contributed by atoms with Gasteiger partial charge in [-0.1, -0.05) is 36.4 Å². The van der Waals surface area contributed by atoms with Crippen LogP contribution in [0.25, 0.3) is 0 Å². The quantitative estimate of drug-likeness (QED) is 0.385. The molecule has 0 saturated heterocycles. The van der Waals surface area contributed by atoms with Gasteiger partial charge in [-0.25, -0.2) is 0 Å². The lowest BCUT2D eigenvalue weighted by atomic mass is 9.75. The molecule has 0 bridgehead atoms. The summed E-state index contributed by atoms with van der Waals surface area (Å²) in [6.07, 6.45) is 0. The van der Waals surface area contributed by atoms with Crippen molar-refractivity contribution in [1.29, 1.82) is 0 Å². The van der Waals surface area contributed by atoms with E-state index in [-0.39, 0.29) is 17.8 Å². The molecule has 29 heavy (non-hydrogen) atoms. The van der Waals surface area contributed by atoms with Crippen molar-refractivity contribution >= 4 is 11.7 Å². The Kier molecular flexibility index (Phi) is 5.01. The van der Waals surface area contributed by atoms with Gasteiger partial charge in [0.1, 0.15) is 11.5 Å². The Morgan fingerprint density at radius 2 is 1.69 bits per heavy atom. The first kappa shape index (κ1) is 19.1. The van der Waals surface area contributed by atoms with Gasteiger partial charge in [-0.05, 0) is 54.3 Å². The number of ether oxygens (including phenoxy) is 2. The van der Waals surface area contributed by atoms with Crippen molar-refractivity contribution in [3.63, 3.8) is 0 Å². The average molecular weight is 387 g/mol. The molecular formula is C25H25NO3. The SMILES string of the molecule is CC(=O)Oc1ccc2c(c1)OCC(c1ccc(C)c(C)c1)C2c1ccc(N)cc1. The average Bonchev–Trinajstić information content (AvgIpc) is 2.69. The fourth-order valence-corrected chi connectivity index (χ4v) is 4.02. The van der Waals surface area contributed by atoms with E-state index in [1.165, 1.54) is 29.2 Å². The van der Waals surface area contributed by atoms with Crippen LogP contribution in [0, 0.1) is 13.8 Å². The number of benzene rings is 3. The third-order valence-electron chi connectivity index (χ3n) is 5.66. The van der Waals surface area contributed by atoms with Gasteiger partial charge in [0.05, 0.1) is 6.61 Å². The minimum absolute atomic E-state index is 0.118. The number of fused-ring (bicyclic) bond motifs is 1. The number of hydrogen-bond donors (Lipinski definition) is 1. The fourth-order valence-electron chi connectivity index (χ4n) is 4.02. The first-order valence-corrected chi connectivity index (χ1v) is 9.80. The highest BCUT2D eigenvalue weighted by molar-refractivity contribution is 5.69. The molecule has 4 heteroatoms. The van der Waals surface area contributed by atoms with Gasteiger partial charge in [0.15, 0.2) is 0 Å². The molecule has 4 rings (SSSR count). The maximum atomic E-state index is 11.3. The summed E-state index contributed by atoms with van der Waals surface area (Å²) in [4.78, 5) is 11.3. The van der Waals surface area contributed by atoms with Crippen LogP contribution in [-0.4, -0.2) is 12.6 Å². The Morgan fingerprint density at radius 1 is 0.966 bits per heavy atom. The molecule has 148 valence electrons. The number of carbonyl (C=O) groups is 1. The van der Waals surface area contributed by atoms with Crippen molar-refractivity contribution in [2.75, 3.05) is 12.3 Å². The third-order valence-corrected chi connectivity index (χ3v) is 5.66. The molecule has 2 unspecified atom stereocenters. The van der Waals surface area contributed by atoms with E-state index in [0.29, 0.717) is 12.4 Å². The summed E-state index contributed by atoms with van der Waals surface area (Å²) in [5, 5.41) is 0. The molecule has 3 aromatic rings. The molecule has 1 aliphatic rings. The number of nitrogen functional groups attached to an aromatic ring is 1. The molecule has 0 radical (unpaired) electrons. The van der Waals surface area contributed by atoms with Crippen molar-refractivity contribution < 1.29 is 14.3 Å². The third kappa shape index (κ3) is 3.83. The van der Waals surface area contributed by atoms with E-state index < -0.39 is 0 Å². The Labute approximate surface area is 171 Å². The lowest BCUT2D eigenvalue weighted by Crippen LogP contribution is -2.25. The molecule has 0 spiro atoms. The van der Waals surface area contributed by atoms with Crippen LogP contribution in [0.5, 0.6) is 11.5 Å². The van der Waals surface area contributed by atoms with Gasteiger partial charge in [-0.3, -0.25) is 4.79 Å². The zero-order valence-electron chi connectivity index (χ0n) is 16.9. The second kappa shape index (κ2) is 7.63. The molecule has 3 aromatic carbocycles. The molecule has 0 aliphatic carbocycles. The van der Waals surface area contributed by atoms with Crippen LogP contribution < -0.4 is 15.2 Å². The topological polar surface area (TPSA) is 61.5 Å². The van der Waals surface area contributed by atoms with Crippen molar-refractivity contribution in [3.05, 3.63) is 88.5 Å². The van der Waals surface area contributed by atoms with Crippen LogP contribution in [0.15, 0.2) is 60.7 Å². The first-order chi connectivity index (χ1) is 13.9. The Balaban J connectivity index is 1.81. The summed E-state index contributed by atoms with van der Waals surface area (Å²) in [6.45, 7) is 6.21. The number of nitrogens with two attached hydrogens (primary N) is 1. The minimum atomic E-state index is -0.344. The molecule has 1 aliphatic heterocycles. The van der Waals surface area contributed by atoms with Crippen molar-refractivity contribution in [3.8, 4) is 11.5 Å². The van der Waals surface area contributed by atoms with Gasteiger partial charge in [0.2, 0.25) is 0 Å². The molecule has 0 saturated carbocycles. The monoisotopic (exact) mass is 387 g/mol. The van der Waals surface area contributed by atoms with Crippen LogP contribution in [0.2, 0.25) is 0 Å². The van der Waals surface area contributed by atoms with E-state index in [1.807, 2.05) is 24.3 Å². The zero-order chi connectivity index (χ0) is 20.5. The summed E-state index contributed by atoms with van der Waals surface area (Å²) in [5.74, 6) is 1.20. The van der Waals surface area contributed by atoms with Gasteiger partial charge in [0.25, 0.3) is 0 Å². The molecular weight excluding hydrogens is 362 g/mol. The smallest absolute Gasteiger partial charge is 0.308 e. The van der Waals surface area contributed by atoms with Gasteiger partial charge in [-0.2, -0.15) is 0 Å². The fraction of sp³-hybridized carbons (Fsp3) is 0.240. The van der Waals surface area contributed by atoms with Crippen LogP contribution in [0.4, 0.5) is 5.69 Å².